The number of rotatable bonds is 6. The fourth-order valence-electron chi connectivity index (χ4n) is 1.30. The molecule has 0 fully saturated rings. The highest BCUT2D eigenvalue weighted by atomic mass is 32.2. The Hall–Kier alpha value is -1.63. The minimum Gasteiger partial charge on any atom is -0.465 e. The highest BCUT2D eigenvalue weighted by Gasteiger charge is 2.17. The van der Waals surface area contributed by atoms with Crippen LogP contribution >= 0.6 is 11.8 Å². The molecule has 1 aromatic carbocycles. The molecule has 110 valence electrons. The number of carbonyl (C=O) groups excluding carboxylic acids is 2. The molecule has 0 radical (unpaired) electrons. The summed E-state index contributed by atoms with van der Waals surface area (Å²) in [7, 11) is 0. The molecule has 0 aliphatic carbocycles. The van der Waals surface area contributed by atoms with Gasteiger partial charge in [0.05, 0.1) is 23.3 Å². The van der Waals surface area contributed by atoms with Gasteiger partial charge in [-0.3, -0.25) is 9.59 Å². The first-order valence-corrected chi connectivity index (χ1v) is 7.02. The molecule has 0 aliphatic rings. The topological polar surface area (TPSA) is 55.4 Å². The van der Waals surface area contributed by atoms with Crippen molar-refractivity contribution in [3.8, 4) is 0 Å². The smallest absolute Gasteiger partial charge is 0.315 e. The van der Waals surface area contributed by atoms with Crippen LogP contribution in [0.2, 0.25) is 0 Å². The van der Waals surface area contributed by atoms with Crippen LogP contribution in [0, 0.1) is 11.6 Å². The number of hydrogen-bond donors (Lipinski definition) is 1. The molecular weight excluding hydrogens is 288 g/mol. The molecule has 4 nitrogen and oxygen atoms in total. The number of thioether (sulfide) groups is 1. The van der Waals surface area contributed by atoms with Gasteiger partial charge in [-0.1, -0.05) is 0 Å². The van der Waals surface area contributed by atoms with Crippen LogP contribution in [0.3, 0.4) is 0 Å². The van der Waals surface area contributed by atoms with Crippen molar-refractivity contribution in [1.82, 2.24) is 0 Å². The number of nitrogens with one attached hydrogen (secondary N) is 1. The third-order valence-corrected chi connectivity index (χ3v) is 3.43. The first-order chi connectivity index (χ1) is 9.43. The summed E-state index contributed by atoms with van der Waals surface area (Å²) in [5, 5.41) is 1.77. The maximum atomic E-state index is 13.4. The standard InChI is InChI=1S/C13H15F2NO3S/c1-3-19-12(17)7-20-8(2)13(18)16-11-5-4-9(14)6-10(11)15/h4-6,8H,3,7H2,1-2H3,(H,16,18)/t8-/m0/s1. The minimum absolute atomic E-state index is 0.0360. The van der Waals surface area contributed by atoms with E-state index in [1.165, 1.54) is 0 Å². The second-order valence-corrected chi connectivity index (χ2v) is 5.20. The van der Waals surface area contributed by atoms with Gasteiger partial charge in [-0.05, 0) is 26.0 Å². The van der Waals surface area contributed by atoms with E-state index < -0.39 is 28.8 Å². The maximum absolute atomic E-state index is 13.4. The van der Waals surface area contributed by atoms with Crippen molar-refractivity contribution < 1.29 is 23.1 Å². The van der Waals surface area contributed by atoms with Crippen molar-refractivity contribution in [1.29, 1.82) is 0 Å². The van der Waals surface area contributed by atoms with Gasteiger partial charge in [-0.2, -0.15) is 0 Å². The predicted octanol–water partition coefficient (Wildman–Crippen LogP) is 2.59. The van der Waals surface area contributed by atoms with Gasteiger partial charge in [0.15, 0.2) is 0 Å². The Balaban J connectivity index is 2.51. The number of ether oxygens (including phenoxy) is 1. The molecule has 20 heavy (non-hydrogen) atoms. The van der Waals surface area contributed by atoms with Crippen LogP contribution in [0.4, 0.5) is 14.5 Å². The third kappa shape index (κ3) is 5.16. The monoisotopic (exact) mass is 303 g/mol. The highest BCUT2D eigenvalue weighted by molar-refractivity contribution is 8.01. The summed E-state index contributed by atoms with van der Waals surface area (Å²) in [4.78, 5) is 22.9. The molecule has 0 unspecified atom stereocenters. The first kappa shape index (κ1) is 16.4. The number of hydrogen-bond acceptors (Lipinski definition) is 4. The number of benzene rings is 1. The summed E-state index contributed by atoms with van der Waals surface area (Å²) >= 11 is 1.08. The van der Waals surface area contributed by atoms with Gasteiger partial charge in [0, 0.05) is 6.07 Å². The lowest BCUT2D eigenvalue weighted by Crippen LogP contribution is -2.24. The molecule has 0 spiro atoms. The summed E-state index contributed by atoms with van der Waals surface area (Å²) < 4.78 is 30.8. The lowest BCUT2D eigenvalue weighted by atomic mass is 10.3. The predicted molar refractivity (Wildman–Crippen MR) is 73.5 cm³/mol. The van der Waals surface area contributed by atoms with Crippen molar-refractivity contribution in [2.24, 2.45) is 0 Å². The van der Waals surface area contributed by atoms with Crippen molar-refractivity contribution in [2.75, 3.05) is 17.7 Å². The van der Waals surface area contributed by atoms with E-state index in [1.807, 2.05) is 0 Å². The van der Waals surface area contributed by atoms with Crippen LogP contribution in [0.5, 0.6) is 0 Å². The van der Waals surface area contributed by atoms with E-state index in [0.717, 1.165) is 23.9 Å². The van der Waals surface area contributed by atoms with Gasteiger partial charge in [-0.15, -0.1) is 11.8 Å². The van der Waals surface area contributed by atoms with Crippen molar-refractivity contribution in [3.63, 3.8) is 0 Å². The van der Waals surface area contributed by atoms with Gasteiger partial charge < -0.3 is 10.1 Å². The van der Waals surface area contributed by atoms with Crippen molar-refractivity contribution in [3.05, 3.63) is 29.8 Å². The molecule has 0 heterocycles. The van der Waals surface area contributed by atoms with E-state index in [4.69, 9.17) is 4.74 Å². The average molecular weight is 303 g/mol. The molecule has 7 heteroatoms. The highest BCUT2D eigenvalue weighted by Crippen LogP contribution is 2.18. The number of anilines is 1. The average Bonchev–Trinajstić information content (AvgIpc) is 2.39. The third-order valence-electron chi connectivity index (χ3n) is 2.31. The van der Waals surface area contributed by atoms with E-state index in [-0.39, 0.29) is 18.0 Å². The number of amides is 1. The van der Waals surface area contributed by atoms with Crippen LogP contribution in [0.15, 0.2) is 18.2 Å². The fourth-order valence-corrected chi connectivity index (χ4v) is 1.98. The second kappa shape index (κ2) is 7.84. The molecule has 1 aromatic rings. The molecule has 1 rings (SSSR count). The van der Waals surface area contributed by atoms with Crippen molar-refractivity contribution in [2.45, 2.75) is 19.1 Å². The van der Waals surface area contributed by atoms with Gasteiger partial charge in [-0.25, -0.2) is 8.78 Å². The fraction of sp³-hybridized carbons (Fsp3) is 0.385. The minimum atomic E-state index is -0.846. The van der Waals surface area contributed by atoms with Gasteiger partial charge in [0.1, 0.15) is 11.6 Å². The molecular formula is C13H15F2NO3S. The van der Waals surface area contributed by atoms with Gasteiger partial charge in [0.25, 0.3) is 0 Å². The first-order valence-electron chi connectivity index (χ1n) is 5.97. The zero-order valence-corrected chi connectivity index (χ0v) is 11.9. The summed E-state index contributed by atoms with van der Waals surface area (Å²) in [6, 6.07) is 2.88. The zero-order chi connectivity index (χ0) is 15.1. The SMILES string of the molecule is CCOC(=O)CS[C@@H](C)C(=O)Nc1ccc(F)cc1F. The largest absolute Gasteiger partial charge is 0.465 e. The Morgan fingerprint density at radius 3 is 2.70 bits per heavy atom. The Bertz CT molecular complexity index is 497. The molecule has 1 N–H and O–H groups in total. The van der Waals surface area contributed by atoms with Crippen LogP contribution in [0.25, 0.3) is 0 Å². The zero-order valence-electron chi connectivity index (χ0n) is 11.1. The maximum Gasteiger partial charge on any atom is 0.315 e. The quantitative estimate of drug-likeness (QED) is 0.821. The van der Waals surface area contributed by atoms with E-state index >= 15 is 0 Å². The van der Waals surface area contributed by atoms with Crippen LogP contribution in [0.1, 0.15) is 13.8 Å². The van der Waals surface area contributed by atoms with Crippen LogP contribution < -0.4 is 5.32 Å². The van der Waals surface area contributed by atoms with Gasteiger partial charge in [0.2, 0.25) is 5.91 Å². The molecule has 0 aliphatic heterocycles. The summed E-state index contributed by atoms with van der Waals surface area (Å²) in [5.74, 6) is -2.41. The molecule has 0 aromatic heterocycles. The normalized spacial score (nSPS) is 11.8. The summed E-state index contributed by atoms with van der Waals surface area (Å²) in [6.07, 6.45) is 0. The van der Waals surface area contributed by atoms with E-state index in [2.05, 4.69) is 5.32 Å². The lowest BCUT2D eigenvalue weighted by molar-refractivity contribution is -0.139. The van der Waals surface area contributed by atoms with Gasteiger partial charge >= 0.3 is 5.97 Å². The van der Waals surface area contributed by atoms with Crippen molar-refractivity contribution >= 4 is 29.3 Å². The molecule has 1 amide bonds. The summed E-state index contributed by atoms with van der Waals surface area (Å²) in [5.41, 5.74) is -0.0972. The number of halogens is 2. The second-order valence-electron chi connectivity index (χ2n) is 3.87. The molecule has 1 atom stereocenters. The molecule has 0 bridgehead atoms. The Morgan fingerprint density at radius 2 is 2.10 bits per heavy atom. The lowest BCUT2D eigenvalue weighted by Gasteiger charge is -2.12. The number of carbonyl (C=O) groups is 2. The van der Waals surface area contributed by atoms with E-state index in [1.54, 1.807) is 13.8 Å². The number of esters is 1. The van der Waals surface area contributed by atoms with Crippen LogP contribution in [-0.2, 0) is 14.3 Å². The Morgan fingerprint density at radius 1 is 1.40 bits per heavy atom. The van der Waals surface area contributed by atoms with E-state index in [0.29, 0.717) is 6.07 Å². The molecule has 0 saturated heterocycles. The Labute approximate surface area is 119 Å². The van der Waals surface area contributed by atoms with E-state index in [9.17, 15) is 18.4 Å². The molecule has 0 saturated carbocycles. The summed E-state index contributed by atoms with van der Waals surface area (Å²) in [6.45, 7) is 3.55. The van der Waals surface area contributed by atoms with Crippen LogP contribution in [-0.4, -0.2) is 29.5 Å². The Kier molecular flexibility index (Phi) is 6.44.